The van der Waals surface area contributed by atoms with E-state index < -0.39 is 0 Å². The van der Waals surface area contributed by atoms with Crippen LogP contribution in [0.3, 0.4) is 0 Å². The first-order valence-electron chi connectivity index (χ1n) is 13.4. The summed E-state index contributed by atoms with van der Waals surface area (Å²) in [6.07, 6.45) is 10.9. The Bertz CT molecular complexity index is 1440. The van der Waals surface area contributed by atoms with Gasteiger partial charge in [0.25, 0.3) is 0 Å². The van der Waals surface area contributed by atoms with E-state index in [9.17, 15) is 0 Å². The third-order valence-electron chi connectivity index (χ3n) is 7.29. The number of nitrogens with zero attached hydrogens (tertiary/aromatic N) is 6. The van der Waals surface area contributed by atoms with Gasteiger partial charge in [-0.15, -0.1) is 0 Å². The van der Waals surface area contributed by atoms with E-state index in [0.717, 1.165) is 69.8 Å². The van der Waals surface area contributed by atoms with Crippen molar-refractivity contribution in [3.63, 3.8) is 0 Å². The van der Waals surface area contributed by atoms with Crippen molar-refractivity contribution < 1.29 is 4.74 Å². The molecule has 4 heterocycles. The van der Waals surface area contributed by atoms with E-state index in [1.54, 1.807) is 0 Å². The van der Waals surface area contributed by atoms with Gasteiger partial charge in [0.15, 0.2) is 5.65 Å². The van der Waals surface area contributed by atoms with Crippen LogP contribution >= 0.6 is 0 Å². The number of allylic oxidation sites excluding steroid dienone is 2. The molecule has 0 amide bonds. The molecule has 0 saturated heterocycles. The Hall–Kier alpha value is -3.45. The smallest absolute Gasteiger partial charge is 0.156 e. The van der Waals surface area contributed by atoms with E-state index >= 15 is 0 Å². The second-order valence-corrected chi connectivity index (χ2v) is 12.2. The van der Waals surface area contributed by atoms with Gasteiger partial charge in [-0.25, -0.2) is 14.5 Å². The summed E-state index contributed by atoms with van der Waals surface area (Å²) >= 11 is 0. The molecule has 1 fully saturated rings. The molecule has 2 aromatic heterocycles. The van der Waals surface area contributed by atoms with Crippen LogP contribution in [0.4, 0.5) is 0 Å². The number of amidine groups is 1. The third-order valence-corrected chi connectivity index (χ3v) is 7.29. The van der Waals surface area contributed by atoms with Gasteiger partial charge in [-0.05, 0) is 89.2 Å². The van der Waals surface area contributed by atoms with Crippen molar-refractivity contribution in [2.45, 2.75) is 66.9 Å². The lowest BCUT2D eigenvalue weighted by molar-refractivity contribution is -0.0109. The standard InChI is InChI=1S/C31H40N6O/c1-20(2)27-23(5)36-18-24(35(19-31(9)12-13-31)14-15-38-30(6,7)8)10-11-26(36)33-28(27)25-16-21(3)29-32-22(4)17-37(29)34-25/h10-11,16-18H,1,5,12-15,19H2,2-4,6-9H3. The Labute approximate surface area is 226 Å². The molecule has 0 unspecified atom stereocenters. The zero-order chi connectivity index (χ0) is 27.4. The molecule has 7 nitrogen and oxygen atoms in total. The van der Waals surface area contributed by atoms with E-state index in [-0.39, 0.29) is 5.60 Å². The normalized spacial score (nSPS) is 18.5. The molecule has 0 bridgehead atoms. The lowest BCUT2D eigenvalue weighted by Crippen LogP contribution is -2.37. The van der Waals surface area contributed by atoms with Crippen LogP contribution in [0.1, 0.15) is 64.4 Å². The molecular weight excluding hydrogens is 472 g/mol. The topological polar surface area (TPSA) is 58.3 Å². The fourth-order valence-electron chi connectivity index (χ4n) is 4.99. The number of aromatic nitrogens is 3. The minimum absolute atomic E-state index is 0.157. The number of aryl methyl sites for hydroxylation is 2. The van der Waals surface area contributed by atoms with Crippen LogP contribution in [-0.4, -0.2) is 55.5 Å². The fourth-order valence-corrected chi connectivity index (χ4v) is 4.99. The molecule has 1 aliphatic carbocycles. The third kappa shape index (κ3) is 5.25. The van der Waals surface area contributed by atoms with Gasteiger partial charge in [0.05, 0.1) is 29.8 Å². The molecule has 0 radical (unpaired) electrons. The van der Waals surface area contributed by atoms with Gasteiger partial charge >= 0.3 is 0 Å². The molecule has 0 N–H and O–H groups in total. The van der Waals surface area contributed by atoms with Crippen molar-refractivity contribution in [3.05, 3.63) is 83.3 Å². The molecular formula is C31H40N6O. The molecule has 3 aliphatic rings. The zero-order valence-corrected chi connectivity index (χ0v) is 23.9. The van der Waals surface area contributed by atoms with Crippen LogP contribution in [0.5, 0.6) is 0 Å². The monoisotopic (exact) mass is 512 g/mol. The highest BCUT2D eigenvalue weighted by Gasteiger charge is 2.39. The van der Waals surface area contributed by atoms with Gasteiger partial charge in [-0.1, -0.05) is 20.1 Å². The number of imidazole rings is 1. The van der Waals surface area contributed by atoms with Crippen LogP contribution in [0.15, 0.2) is 71.3 Å². The van der Waals surface area contributed by atoms with E-state index in [1.807, 2.05) is 30.6 Å². The highest BCUT2D eigenvalue weighted by Crippen LogP contribution is 2.46. The molecule has 200 valence electrons. The maximum absolute atomic E-state index is 6.09. The molecule has 5 rings (SSSR count). The number of rotatable bonds is 8. The molecule has 0 aromatic carbocycles. The predicted molar refractivity (Wildman–Crippen MR) is 154 cm³/mol. The maximum atomic E-state index is 6.09. The Kier molecular flexibility index (Phi) is 6.46. The second-order valence-electron chi connectivity index (χ2n) is 12.2. The Morgan fingerprint density at radius 3 is 2.61 bits per heavy atom. The predicted octanol–water partition coefficient (Wildman–Crippen LogP) is 6.19. The van der Waals surface area contributed by atoms with Crippen molar-refractivity contribution in [1.29, 1.82) is 0 Å². The molecule has 0 atom stereocenters. The summed E-state index contributed by atoms with van der Waals surface area (Å²) in [6.45, 7) is 26.0. The molecule has 2 aromatic rings. The van der Waals surface area contributed by atoms with Gasteiger partial charge in [0.1, 0.15) is 17.2 Å². The highest BCUT2D eigenvalue weighted by atomic mass is 16.5. The van der Waals surface area contributed by atoms with Crippen LogP contribution in [-0.2, 0) is 4.74 Å². The number of aliphatic imine (C=N–C) groups is 1. The Morgan fingerprint density at radius 2 is 1.95 bits per heavy atom. The van der Waals surface area contributed by atoms with Crippen molar-refractivity contribution >= 4 is 17.2 Å². The van der Waals surface area contributed by atoms with Gasteiger partial charge in [-0.2, -0.15) is 5.10 Å². The molecule has 1 saturated carbocycles. The largest absolute Gasteiger partial charge is 0.374 e. The average Bonchev–Trinajstić information content (AvgIpc) is 3.42. The van der Waals surface area contributed by atoms with Gasteiger partial charge in [0, 0.05) is 30.6 Å². The first-order chi connectivity index (χ1) is 17.8. The Balaban J connectivity index is 1.49. The number of hydrogen-bond donors (Lipinski definition) is 0. The lowest BCUT2D eigenvalue weighted by atomic mass is 9.98. The van der Waals surface area contributed by atoms with Crippen LogP contribution in [0.25, 0.3) is 11.3 Å². The lowest BCUT2D eigenvalue weighted by Gasteiger charge is -2.36. The second kappa shape index (κ2) is 9.38. The minimum Gasteiger partial charge on any atom is -0.374 e. The first-order valence-corrected chi connectivity index (χ1v) is 13.4. The summed E-state index contributed by atoms with van der Waals surface area (Å²) in [7, 11) is 0. The van der Waals surface area contributed by atoms with Gasteiger partial charge in [-0.3, -0.25) is 4.90 Å². The zero-order valence-electron chi connectivity index (χ0n) is 23.9. The SMILES string of the molecule is C=C(C)C1=C(c2cc(C)c3nc(C)cn3n2)N=C2C=CC(N(CCOC(C)(C)C)CC3(C)CC3)=CN2C1=C. The maximum Gasteiger partial charge on any atom is 0.156 e. The Morgan fingerprint density at radius 1 is 1.21 bits per heavy atom. The van der Waals surface area contributed by atoms with E-state index in [4.69, 9.17) is 14.8 Å². The fraction of sp³-hybridized carbons (Fsp3) is 0.452. The van der Waals surface area contributed by atoms with Crippen molar-refractivity contribution in [2.75, 3.05) is 19.7 Å². The van der Waals surface area contributed by atoms with E-state index in [0.29, 0.717) is 12.0 Å². The summed E-state index contributed by atoms with van der Waals surface area (Å²) in [5, 5.41) is 4.86. The van der Waals surface area contributed by atoms with Crippen LogP contribution < -0.4 is 0 Å². The quantitative estimate of drug-likeness (QED) is 0.422. The molecule has 0 spiro atoms. The van der Waals surface area contributed by atoms with Crippen LogP contribution in [0.2, 0.25) is 0 Å². The summed E-state index contributed by atoms with van der Waals surface area (Å²) in [4.78, 5) is 14.2. The van der Waals surface area contributed by atoms with Crippen molar-refractivity contribution in [1.82, 2.24) is 24.4 Å². The summed E-state index contributed by atoms with van der Waals surface area (Å²) in [6, 6.07) is 2.05. The van der Waals surface area contributed by atoms with E-state index in [1.165, 1.54) is 12.8 Å². The summed E-state index contributed by atoms with van der Waals surface area (Å²) in [5.74, 6) is 0.823. The summed E-state index contributed by atoms with van der Waals surface area (Å²) < 4.78 is 7.92. The number of hydrogen-bond acceptors (Lipinski definition) is 6. The molecule has 38 heavy (non-hydrogen) atoms. The van der Waals surface area contributed by atoms with Crippen molar-refractivity contribution in [2.24, 2.45) is 10.4 Å². The van der Waals surface area contributed by atoms with Gasteiger partial charge < -0.3 is 9.64 Å². The molecule has 2 aliphatic heterocycles. The number of fused-ring (bicyclic) bond motifs is 2. The van der Waals surface area contributed by atoms with Crippen LogP contribution in [0, 0.1) is 19.3 Å². The molecule has 7 heteroatoms. The minimum atomic E-state index is -0.157. The van der Waals surface area contributed by atoms with Gasteiger partial charge in [0.2, 0.25) is 0 Å². The number of ether oxygens (including phenoxy) is 1. The van der Waals surface area contributed by atoms with E-state index in [2.05, 4.69) is 80.9 Å². The average molecular weight is 513 g/mol. The highest BCUT2D eigenvalue weighted by molar-refractivity contribution is 6.03. The van der Waals surface area contributed by atoms with Crippen molar-refractivity contribution in [3.8, 4) is 0 Å². The first kappa shape index (κ1) is 26.2. The summed E-state index contributed by atoms with van der Waals surface area (Å²) in [5.41, 5.74) is 8.43.